The predicted octanol–water partition coefficient (Wildman–Crippen LogP) is 0.639. The molecule has 106 valence electrons. The maximum atomic E-state index is 5.76. The third-order valence-corrected chi connectivity index (χ3v) is 4.30. The van der Waals surface area contributed by atoms with Crippen LogP contribution in [0.4, 0.5) is 0 Å². The van der Waals surface area contributed by atoms with Crippen LogP contribution in [0.2, 0.25) is 0 Å². The predicted molar refractivity (Wildman–Crippen MR) is 74.9 cm³/mol. The lowest BCUT2D eigenvalue weighted by atomic mass is 9.97. The van der Waals surface area contributed by atoms with Crippen molar-refractivity contribution in [1.82, 2.24) is 15.1 Å². The molecule has 0 aliphatic carbocycles. The number of likely N-dealkylation sites (N-methyl/N-ethyl adjacent to an activating group) is 1. The molecule has 0 spiro atoms. The topological polar surface area (TPSA) is 27.7 Å². The first-order valence-electron chi connectivity index (χ1n) is 7.51. The SMILES string of the molecule is CCN1CCC(CNCC2CN(C)CCO2)CC1. The standard InChI is InChI=1S/C14H29N3O/c1-3-17-6-4-13(5-7-17)10-15-11-14-12-16(2)8-9-18-14/h13-15H,3-12H2,1-2H3. The number of ether oxygens (including phenoxy) is 1. The van der Waals surface area contributed by atoms with Crippen molar-refractivity contribution in [2.24, 2.45) is 5.92 Å². The maximum absolute atomic E-state index is 5.76. The largest absolute Gasteiger partial charge is 0.374 e. The number of likely N-dealkylation sites (tertiary alicyclic amines) is 1. The summed E-state index contributed by atoms with van der Waals surface area (Å²) >= 11 is 0. The van der Waals surface area contributed by atoms with Crippen molar-refractivity contribution < 1.29 is 4.74 Å². The van der Waals surface area contributed by atoms with E-state index >= 15 is 0 Å². The number of nitrogens with zero attached hydrogens (tertiary/aromatic N) is 2. The molecule has 2 aliphatic heterocycles. The second-order valence-corrected chi connectivity index (χ2v) is 5.79. The van der Waals surface area contributed by atoms with E-state index in [2.05, 4.69) is 29.1 Å². The summed E-state index contributed by atoms with van der Waals surface area (Å²) in [5.74, 6) is 0.870. The summed E-state index contributed by atoms with van der Waals surface area (Å²) in [7, 11) is 2.18. The molecule has 0 amide bonds. The van der Waals surface area contributed by atoms with Crippen molar-refractivity contribution in [3.63, 3.8) is 0 Å². The molecule has 4 nitrogen and oxygen atoms in total. The van der Waals surface area contributed by atoms with E-state index < -0.39 is 0 Å². The lowest BCUT2D eigenvalue weighted by Crippen LogP contribution is -2.46. The van der Waals surface area contributed by atoms with Crippen molar-refractivity contribution >= 4 is 0 Å². The van der Waals surface area contributed by atoms with Gasteiger partial charge in [-0.3, -0.25) is 0 Å². The molecule has 2 rings (SSSR count). The Morgan fingerprint density at radius 1 is 1.17 bits per heavy atom. The third kappa shape index (κ3) is 4.50. The van der Waals surface area contributed by atoms with E-state index in [1.165, 1.54) is 39.0 Å². The number of hydrogen-bond acceptors (Lipinski definition) is 4. The first-order chi connectivity index (χ1) is 8.78. The Bertz CT molecular complexity index is 229. The highest BCUT2D eigenvalue weighted by atomic mass is 16.5. The summed E-state index contributed by atoms with van der Waals surface area (Å²) in [4.78, 5) is 4.91. The Labute approximate surface area is 112 Å². The molecule has 2 heterocycles. The fourth-order valence-corrected chi connectivity index (χ4v) is 2.95. The fraction of sp³-hybridized carbons (Fsp3) is 1.00. The average Bonchev–Trinajstić information content (AvgIpc) is 2.40. The third-order valence-electron chi connectivity index (χ3n) is 4.30. The summed E-state index contributed by atoms with van der Waals surface area (Å²) < 4.78 is 5.76. The first-order valence-corrected chi connectivity index (χ1v) is 7.51. The fourth-order valence-electron chi connectivity index (χ4n) is 2.95. The number of nitrogens with one attached hydrogen (secondary N) is 1. The minimum atomic E-state index is 0.388. The van der Waals surface area contributed by atoms with E-state index in [9.17, 15) is 0 Å². The van der Waals surface area contributed by atoms with Crippen LogP contribution in [0.15, 0.2) is 0 Å². The van der Waals surface area contributed by atoms with Crippen molar-refractivity contribution in [3.8, 4) is 0 Å². The zero-order chi connectivity index (χ0) is 12.8. The lowest BCUT2D eigenvalue weighted by molar-refractivity contribution is -0.0186. The summed E-state index contributed by atoms with van der Waals surface area (Å²) in [6.07, 6.45) is 3.10. The zero-order valence-electron chi connectivity index (χ0n) is 12.0. The van der Waals surface area contributed by atoms with Gasteiger partial charge in [-0.05, 0) is 52.0 Å². The van der Waals surface area contributed by atoms with E-state index in [0.717, 1.165) is 32.2 Å². The normalized spacial score (nSPS) is 28.7. The van der Waals surface area contributed by atoms with Crippen LogP contribution in [0.1, 0.15) is 19.8 Å². The van der Waals surface area contributed by atoms with Gasteiger partial charge in [0.25, 0.3) is 0 Å². The van der Waals surface area contributed by atoms with Crippen molar-refractivity contribution in [2.75, 3.05) is 59.5 Å². The maximum Gasteiger partial charge on any atom is 0.0826 e. The molecular weight excluding hydrogens is 226 g/mol. The molecule has 0 bridgehead atoms. The van der Waals surface area contributed by atoms with E-state index in [1.807, 2.05) is 0 Å². The van der Waals surface area contributed by atoms with Gasteiger partial charge in [0.05, 0.1) is 12.7 Å². The Kier molecular flexibility index (Phi) is 5.89. The van der Waals surface area contributed by atoms with Crippen molar-refractivity contribution in [3.05, 3.63) is 0 Å². The highest BCUT2D eigenvalue weighted by Crippen LogP contribution is 2.15. The van der Waals surface area contributed by atoms with Crippen LogP contribution in [-0.2, 0) is 4.74 Å². The van der Waals surface area contributed by atoms with Crippen LogP contribution in [0, 0.1) is 5.92 Å². The van der Waals surface area contributed by atoms with Crippen molar-refractivity contribution in [1.29, 1.82) is 0 Å². The molecule has 2 aliphatic rings. The number of rotatable bonds is 5. The summed E-state index contributed by atoms with van der Waals surface area (Å²) in [5.41, 5.74) is 0. The highest BCUT2D eigenvalue weighted by molar-refractivity contribution is 4.75. The molecule has 0 aromatic rings. The Morgan fingerprint density at radius 3 is 2.61 bits per heavy atom. The van der Waals surface area contributed by atoms with E-state index in [4.69, 9.17) is 4.74 Å². The molecule has 0 aromatic carbocycles. The summed E-state index contributed by atoms with van der Waals surface area (Å²) in [5, 5.41) is 3.61. The van der Waals surface area contributed by atoms with Crippen molar-refractivity contribution in [2.45, 2.75) is 25.9 Å². The van der Waals surface area contributed by atoms with E-state index in [0.29, 0.717) is 6.10 Å². The lowest BCUT2D eigenvalue weighted by Gasteiger charge is -2.33. The second-order valence-electron chi connectivity index (χ2n) is 5.79. The van der Waals surface area contributed by atoms with E-state index in [1.54, 1.807) is 0 Å². The second kappa shape index (κ2) is 7.43. The van der Waals surface area contributed by atoms with Gasteiger partial charge in [0, 0.05) is 19.6 Å². The van der Waals surface area contributed by atoms with Gasteiger partial charge in [-0.2, -0.15) is 0 Å². The molecule has 18 heavy (non-hydrogen) atoms. The molecule has 1 unspecified atom stereocenters. The number of hydrogen-bond donors (Lipinski definition) is 1. The van der Waals surface area contributed by atoms with Crippen LogP contribution in [0.5, 0.6) is 0 Å². The highest BCUT2D eigenvalue weighted by Gasteiger charge is 2.20. The van der Waals surface area contributed by atoms with Gasteiger partial charge < -0.3 is 19.9 Å². The summed E-state index contributed by atoms with van der Waals surface area (Å²) in [6, 6.07) is 0. The quantitative estimate of drug-likeness (QED) is 0.780. The van der Waals surface area contributed by atoms with Crippen LogP contribution >= 0.6 is 0 Å². The smallest absolute Gasteiger partial charge is 0.0826 e. The molecule has 0 aromatic heterocycles. The van der Waals surface area contributed by atoms with Crippen LogP contribution in [0.3, 0.4) is 0 Å². The van der Waals surface area contributed by atoms with Gasteiger partial charge in [0.15, 0.2) is 0 Å². The Morgan fingerprint density at radius 2 is 1.94 bits per heavy atom. The number of piperidine rings is 1. The molecule has 1 atom stereocenters. The van der Waals surface area contributed by atoms with Gasteiger partial charge in [-0.15, -0.1) is 0 Å². The van der Waals surface area contributed by atoms with Gasteiger partial charge in [-0.25, -0.2) is 0 Å². The van der Waals surface area contributed by atoms with Gasteiger partial charge >= 0.3 is 0 Å². The minimum Gasteiger partial charge on any atom is -0.374 e. The molecule has 0 radical (unpaired) electrons. The van der Waals surface area contributed by atoms with Crippen LogP contribution in [-0.4, -0.2) is 75.4 Å². The molecule has 0 saturated carbocycles. The molecule has 1 N–H and O–H groups in total. The van der Waals surface area contributed by atoms with Crippen LogP contribution in [0.25, 0.3) is 0 Å². The van der Waals surface area contributed by atoms with Gasteiger partial charge in [0.1, 0.15) is 0 Å². The average molecular weight is 255 g/mol. The summed E-state index contributed by atoms with van der Waals surface area (Å²) in [6.45, 7) is 11.2. The number of morpholine rings is 1. The molecule has 2 saturated heterocycles. The molecule has 2 fully saturated rings. The van der Waals surface area contributed by atoms with Gasteiger partial charge in [0.2, 0.25) is 0 Å². The van der Waals surface area contributed by atoms with Gasteiger partial charge in [-0.1, -0.05) is 6.92 Å². The van der Waals surface area contributed by atoms with Crippen LogP contribution < -0.4 is 5.32 Å². The zero-order valence-corrected chi connectivity index (χ0v) is 12.0. The molecular formula is C14H29N3O. The minimum absolute atomic E-state index is 0.388. The van der Waals surface area contributed by atoms with E-state index in [-0.39, 0.29) is 0 Å². The Hall–Kier alpha value is -0.160. The first kappa shape index (κ1) is 14.3. The Balaban J connectivity index is 1.55. The molecule has 4 heteroatoms. The monoisotopic (exact) mass is 255 g/mol.